The summed E-state index contributed by atoms with van der Waals surface area (Å²) in [5.74, 6) is 0.801. The molecule has 0 radical (unpaired) electrons. The third-order valence-electron chi connectivity index (χ3n) is 2.88. The highest BCUT2D eigenvalue weighted by Gasteiger charge is 2.07. The Morgan fingerprint density at radius 3 is 2.48 bits per heavy atom. The monoisotopic (exact) mass is 340 g/mol. The van der Waals surface area contributed by atoms with E-state index in [0.29, 0.717) is 20.8 Å². The molecule has 0 saturated carbocycles. The van der Waals surface area contributed by atoms with Crippen molar-refractivity contribution < 1.29 is 4.74 Å². The van der Waals surface area contributed by atoms with Crippen LogP contribution in [-0.4, -0.2) is 12.2 Å². The maximum absolute atomic E-state index is 6.11. The van der Waals surface area contributed by atoms with Crippen LogP contribution in [0, 0.1) is 6.92 Å². The molecule has 3 nitrogen and oxygen atoms in total. The van der Waals surface area contributed by atoms with Gasteiger partial charge >= 0.3 is 0 Å². The van der Waals surface area contributed by atoms with Crippen LogP contribution in [0.5, 0.6) is 5.75 Å². The summed E-state index contributed by atoms with van der Waals surface area (Å²) in [6.07, 6.45) is 0. The number of hydrogen-bond donors (Lipinski definition) is 2. The fourth-order valence-electron chi connectivity index (χ4n) is 1.78. The van der Waals surface area contributed by atoms with Crippen molar-refractivity contribution in [2.75, 3.05) is 17.7 Å². The Kier molecular flexibility index (Phi) is 5.28. The van der Waals surface area contributed by atoms with Gasteiger partial charge < -0.3 is 15.4 Å². The molecule has 0 bridgehead atoms. The summed E-state index contributed by atoms with van der Waals surface area (Å²) in [5, 5.41) is 7.50. The van der Waals surface area contributed by atoms with Crippen LogP contribution in [0.4, 0.5) is 11.4 Å². The summed E-state index contributed by atoms with van der Waals surface area (Å²) in [6.45, 7) is 1.97. The van der Waals surface area contributed by atoms with Gasteiger partial charge in [-0.05, 0) is 55.0 Å². The maximum Gasteiger partial charge on any atom is 0.175 e. The van der Waals surface area contributed by atoms with Gasteiger partial charge in [0, 0.05) is 5.69 Å². The molecule has 0 saturated heterocycles. The van der Waals surface area contributed by atoms with Gasteiger partial charge in [0.05, 0.1) is 22.8 Å². The molecule has 2 rings (SSSR count). The lowest BCUT2D eigenvalue weighted by atomic mass is 10.2. The van der Waals surface area contributed by atoms with Crippen LogP contribution in [0.15, 0.2) is 36.4 Å². The van der Waals surface area contributed by atoms with Gasteiger partial charge in [0.15, 0.2) is 5.11 Å². The molecule has 0 aliphatic carbocycles. The van der Waals surface area contributed by atoms with Crippen molar-refractivity contribution in [1.29, 1.82) is 0 Å². The highest BCUT2D eigenvalue weighted by atomic mass is 35.5. The minimum atomic E-state index is 0.437. The molecule has 6 heteroatoms. The Morgan fingerprint density at radius 2 is 1.81 bits per heavy atom. The van der Waals surface area contributed by atoms with Crippen LogP contribution in [0.2, 0.25) is 10.0 Å². The Labute approximate surface area is 139 Å². The Hall–Kier alpha value is -1.49. The van der Waals surface area contributed by atoms with E-state index in [1.54, 1.807) is 19.2 Å². The number of methoxy groups -OCH3 is 1. The van der Waals surface area contributed by atoms with Crippen molar-refractivity contribution in [2.45, 2.75) is 6.92 Å². The second kappa shape index (κ2) is 6.98. The van der Waals surface area contributed by atoms with Crippen molar-refractivity contribution in [3.8, 4) is 5.75 Å². The van der Waals surface area contributed by atoms with Gasteiger partial charge in [-0.2, -0.15) is 0 Å². The van der Waals surface area contributed by atoms with Gasteiger partial charge in [-0.25, -0.2) is 0 Å². The number of anilines is 2. The molecule has 2 N–H and O–H groups in total. The molecule has 0 unspecified atom stereocenters. The van der Waals surface area contributed by atoms with Gasteiger partial charge in [0.25, 0.3) is 0 Å². The van der Waals surface area contributed by atoms with Crippen molar-refractivity contribution in [3.63, 3.8) is 0 Å². The van der Waals surface area contributed by atoms with E-state index in [2.05, 4.69) is 10.6 Å². The molecule has 2 aromatic rings. The minimum Gasteiger partial charge on any atom is -0.497 e. The van der Waals surface area contributed by atoms with Gasteiger partial charge in [-0.1, -0.05) is 29.3 Å². The van der Waals surface area contributed by atoms with E-state index in [0.717, 1.165) is 17.0 Å². The van der Waals surface area contributed by atoms with E-state index in [9.17, 15) is 0 Å². The predicted molar refractivity (Wildman–Crippen MR) is 94.0 cm³/mol. The van der Waals surface area contributed by atoms with E-state index >= 15 is 0 Å². The molecular formula is C15H14Cl2N2OS. The van der Waals surface area contributed by atoms with E-state index in [4.69, 9.17) is 40.2 Å². The smallest absolute Gasteiger partial charge is 0.175 e. The standard InChI is InChI=1S/C15H14Cl2N2OS/c1-9-8-10(20-2)6-7-12(9)18-15(21)19-13-5-3-4-11(16)14(13)17/h3-8H,1-2H3,(H2,18,19,21). The molecule has 0 amide bonds. The van der Waals surface area contributed by atoms with Crippen molar-refractivity contribution in [3.05, 3.63) is 52.0 Å². The number of ether oxygens (including phenoxy) is 1. The van der Waals surface area contributed by atoms with Crippen LogP contribution >= 0.6 is 35.4 Å². The molecule has 0 aliphatic heterocycles. The normalized spacial score (nSPS) is 10.1. The van der Waals surface area contributed by atoms with E-state index in [1.165, 1.54) is 0 Å². The number of nitrogens with one attached hydrogen (secondary N) is 2. The van der Waals surface area contributed by atoms with Crippen LogP contribution in [0.1, 0.15) is 5.56 Å². The first-order valence-corrected chi connectivity index (χ1v) is 7.34. The number of aryl methyl sites for hydroxylation is 1. The summed E-state index contributed by atoms with van der Waals surface area (Å²) in [5.41, 5.74) is 2.58. The zero-order valence-electron chi connectivity index (χ0n) is 11.5. The van der Waals surface area contributed by atoms with Crippen molar-refractivity contribution in [2.24, 2.45) is 0 Å². The number of rotatable bonds is 3. The fourth-order valence-corrected chi connectivity index (χ4v) is 2.35. The van der Waals surface area contributed by atoms with Gasteiger partial charge in [0.1, 0.15) is 5.75 Å². The molecule has 0 fully saturated rings. The molecule has 0 aliphatic rings. The summed E-state index contributed by atoms with van der Waals surface area (Å²) >= 11 is 17.4. The van der Waals surface area contributed by atoms with Gasteiger partial charge in [-0.3, -0.25) is 0 Å². The molecule has 2 aromatic carbocycles. The summed E-state index contributed by atoms with van der Waals surface area (Å²) in [4.78, 5) is 0. The average molecular weight is 341 g/mol. The van der Waals surface area contributed by atoms with E-state index < -0.39 is 0 Å². The fraction of sp³-hybridized carbons (Fsp3) is 0.133. The summed E-state index contributed by atoms with van der Waals surface area (Å²) in [6, 6.07) is 11.0. The first-order valence-electron chi connectivity index (χ1n) is 6.18. The lowest BCUT2D eigenvalue weighted by Crippen LogP contribution is -2.19. The number of halogens is 2. The Morgan fingerprint density at radius 1 is 1.10 bits per heavy atom. The topological polar surface area (TPSA) is 33.3 Å². The van der Waals surface area contributed by atoms with Crippen LogP contribution in [-0.2, 0) is 0 Å². The molecule has 0 heterocycles. The minimum absolute atomic E-state index is 0.437. The Bertz CT molecular complexity index is 677. The second-order valence-electron chi connectivity index (χ2n) is 4.36. The highest BCUT2D eigenvalue weighted by molar-refractivity contribution is 7.80. The molecule has 0 spiro atoms. The quantitative estimate of drug-likeness (QED) is 0.759. The molecule has 0 aromatic heterocycles. The predicted octanol–water partition coefficient (Wildman–Crippen LogP) is 5.12. The first kappa shape index (κ1) is 15.9. The molecule has 0 atom stereocenters. The van der Waals surface area contributed by atoms with Crippen molar-refractivity contribution >= 4 is 51.9 Å². The first-order chi connectivity index (χ1) is 10.0. The lowest BCUT2D eigenvalue weighted by Gasteiger charge is -2.14. The molecule has 110 valence electrons. The maximum atomic E-state index is 6.11. The lowest BCUT2D eigenvalue weighted by molar-refractivity contribution is 0.414. The number of hydrogen-bond acceptors (Lipinski definition) is 2. The van der Waals surface area contributed by atoms with Crippen LogP contribution < -0.4 is 15.4 Å². The van der Waals surface area contributed by atoms with Gasteiger partial charge in [0.2, 0.25) is 0 Å². The van der Waals surface area contributed by atoms with Crippen LogP contribution in [0.3, 0.4) is 0 Å². The van der Waals surface area contributed by atoms with E-state index in [-0.39, 0.29) is 0 Å². The Balaban J connectivity index is 2.10. The average Bonchev–Trinajstić information content (AvgIpc) is 2.46. The van der Waals surface area contributed by atoms with E-state index in [1.807, 2.05) is 31.2 Å². The largest absolute Gasteiger partial charge is 0.497 e. The third kappa shape index (κ3) is 4.00. The van der Waals surface area contributed by atoms with Gasteiger partial charge in [-0.15, -0.1) is 0 Å². The summed E-state index contributed by atoms with van der Waals surface area (Å²) in [7, 11) is 1.63. The zero-order chi connectivity index (χ0) is 15.4. The SMILES string of the molecule is COc1ccc(NC(=S)Nc2cccc(Cl)c2Cl)c(C)c1. The molecule has 21 heavy (non-hydrogen) atoms. The molecular weight excluding hydrogens is 327 g/mol. The summed E-state index contributed by atoms with van der Waals surface area (Å²) < 4.78 is 5.17. The van der Waals surface area contributed by atoms with Crippen molar-refractivity contribution in [1.82, 2.24) is 0 Å². The van der Waals surface area contributed by atoms with Crippen LogP contribution in [0.25, 0.3) is 0 Å². The zero-order valence-corrected chi connectivity index (χ0v) is 13.9. The third-order valence-corrected chi connectivity index (χ3v) is 3.90. The second-order valence-corrected chi connectivity index (χ2v) is 5.55. The number of thiocarbonyl (C=S) groups is 1. The highest BCUT2D eigenvalue weighted by Crippen LogP contribution is 2.29. The number of benzene rings is 2.